The average Bonchev–Trinajstić information content (AvgIpc) is 3.18. The molecular weight excluding hydrogens is 394 g/mol. The molecule has 7 heteroatoms. The molecule has 0 unspecified atom stereocenters. The van der Waals surface area contributed by atoms with Gasteiger partial charge in [0.25, 0.3) is 0 Å². The summed E-state index contributed by atoms with van der Waals surface area (Å²) in [6.07, 6.45) is 0. The molecule has 0 saturated heterocycles. The summed E-state index contributed by atoms with van der Waals surface area (Å²) < 4.78 is 2.93. The van der Waals surface area contributed by atoms with E-state index < -0.39 is 5.91 Å². The van der Waals surface area contributed by atoms with Crippen molar-refractivity contribution >= 4 is 39.1 Å². The highest BCUT2D eigenvalue weighted by molar-refractivity contribution is 7.19. The van der Waals surface area contributed by atoms with Crippen molar-refractivity contribution in [3.8, 4) is 28.8 Å². The van der Waals surface area contributed by atoms with Crippen molar-refractivity contribution in [1.29, 1.82) is 5.26 Å². The maximum atomic E-state index is 11.6. The molecule has 4 aromatic rings. The lowest BCUT2D eigenvalue weighted by molar-refractivity contribution is 0.0999. The van der Waals surface area contributed by atoms with Gasteiger partial charge in [-0.05, 0) is 61.0 Å². The van der Waals surface area contributed by atoms with Crippen LogP contribution in [-0.2, 0) is 0 Å². The van der Waals surface area contributed by atoms with Crippen LogP contribution < -0.4 is 5.73 Å². The number of aromatic nitrogens is 1. The third-order valence-corrected chi connectivity index (χ3v) is 5.85. The molecule has 0 saturated carbocycles. The molecule has 0 aliphatic heterocycles. The zero-order valence-electron chi connectivity index (χ0n) is 14.7. The Bertz CT molecular complexity index is 1300. The number of hydrogen-bond acceptors (Lipinski definition) is 4. The van der Waals surface area contributed by atoms with Gasteiger partial charge in [0.15, 0.2) is 0 Å². The van der Waals surface area contributed by atoms with Crippen molar-refractivity contribution < 1.29 is 9.90 Å². The molecule has 5 nitrogen and oxygen atoms in total. The van der Waals surface area contributed by atoms with E-state index in [0.717, 1.165) is 32.7 Å². The minimum Gasteiger partial charge on any atom is -0.508 e. The van der Waals surface area contributed by atoms with E-state index in [1.807, 2.05) is 35.8 Å². The summed E-state index contributed by atoms with van der Waals surface area (Å²) in [6, 6.07) is 16.2. The van der Waals surface area contributed by atoms with Crippen LogP contribution in [0.4, 0.5) is 0 Å². The van der Waals surface area contributed by atoms with Crippen LogP contribution in [0.25, 0.3) is 27.2 Å². The van der Waals surface area contributed by atoms with Gasteiger partial charge in [-0.3, -0.25) is 4.79 Å². The molecular formula is C21H14ClN3O2S. The van der Waals surface area contributed by atoms with Gasteiger partial charge in [0.1, 0.15) is 16.7 Å². The number of rotatable bonds is 3. The van der Waals surface area contributed by atoms with Crippen molar-refractivity contribution in [2.75, 3.05) is 0 Å². The Hall–Kier alpha value is -3.27. The van der Waals surface area contributed by atoms with Crippen LogP contribution in [0.15, 0.2) is 48.5 Å². The third-order valence-electron chi connectivity index (χ3n) is 4.56. The summed E-state index contributed by atoms with van der Waals surface area (Å²) >= 11 is 7.79. The van der Waals surface area contributed by atoms with Crippen molar-refractivity contribution in [1.82, 2.24) is 4.57 Å². The van der Waals surface area contributed by atoms with Crippen LogP contribution in [0, 0.1) is 18.3 Å². The van der Waals surface area contributed by atoms with Crippen LogP contribution in [-0.4, -0.2) is 15.6 Å². The van der Waals surface area contributed by atoms with E-state index in [1.165, 1.54) is 17.4 Å². The Morgan fingerprint density at radius 1 is 1.21 bits per heavy atom. The fraction of sp³-hybridized carbons (Fsp3) is 0.0476. The molecule has 0 bridgehead atoms. The quantitative estimate of drug-likeness (QED) is 0.500. The van der Waals surface area contributed by atoms with Gasteiger partial charge in [0.05, 0.1) is 20.9 Å². The molecule has 3 N–H and O–H groups in total. The Morgan fingerprint density at radius 3 is 2.64 bits per heavy atom. The number of phenols is 1. The molecule has 0 spiro atoms. The normalized spacial score (nSPS) is 10.9. The van der Waals surface area contributed by atoms with Gasteiger partial charge >= 0.3 is 0 Å². The molecule has 2 aromatic carbocycles. The number of carbonyl (C=O) groups is 1. The molecule has 4 rings (SSSR count). The van der Waals surface area contributed by atoms with Gasteiger partial charge in [-0.2, -0.15) is 5.26 Å². The molecule has 0 aliphatic rings. The monoisotopic (exact) mass is 407 g/mol. The summed E-state index contributed by atoms with van der Waals surface area (Å²) in [7, 11) is 0. The smallest absolute Gasteiger partial charge is 0.248 e. The van der Waals surface area contributed by atoms with Crippen LogP contribution in [0.3, 0.4) is 0 Å². The topological polar surface area (TPSA) is 92.0 Å². The number of nitrogens with zero attached hydrogens (tertiary/aromatic N) is 2. The molecule has 2 aromatic heterocycles. The fourth-order valence-corrected chi connectivity index (χ4v) is 4.45. The van der Waals surface area contributed by atoms with Gasteiger partial charge in [-0.15, -0.1) is 11.3 Å². The number of hydrogen-bond donors (Lipinski definition) is 2. The van der Waals surface area contributed by atoms with Gasteiger partial charge in [0.2, 0.25) is 5.91 Å². The number of nitriles is 1. The summed E-state index contributed by atoms with van der Waals surface area (Å²) in [5.41, 5.74) is 9.90. The number of benzene rings is 2. The number of phenolic OH excluding ortho intramolecular Hbond substituents is 1. The van der Waals surface area contributed by atoms with E-state index in [1.54, 1.807) is 18.2 Å². The molecule has 0 fully saturated rings. The first-order chi connectivity index (χ1) is 13.4. The molecule has 2 heterocycles. The lowest BCUT2D eigenvalue weighted by atomic mass is 10.1. The zero-order chi connectivity index (χ0) is 20.0. The van der Waals surface area contributed by atoms with E-state index >= 15 is 0 Å². The first-order valence-electron chi connectivity index (χ1n) is 8.34. The van der Waals surface area contributed by atoms with Crippen molar-refractivity contribution in [2.45, 2.75) is 6.92 Å². The number of nitrogens with two attached hydrogens (primary N) is 1. The molecule has 0 aliphatic carbocycles. The number of halogens is 1. The molecule has 28 heavy (non-hydrogen) atoms. The Morgan fingerprint density at radius 2 is 2.00 bits per heavy atom. The van der Waals surface area contributed by atoms with E-state index in [0.29, 0.717) is 15.5 Å². The van der Waals surface area contributed by atoms with Gasteiger partial charge in [-0.25, -0.2) is 0 Å². The highest BCUT2D eigenvalue weighted by atomic mass is 35.5. The van der Waals surface area contributed by atoms with Crippen molar-refractivity contribution in [3.63, 3.8) is 0 Å². The largest absolute Gasteiger partial charge is 0.508 e. The van der Waals surface area contributed by atoms with Gasteiger partial charge < -0.3 is 15.4 Å². The summed E-state index contributed by atoms with van der Waals surface area (Å²) in [4.78, 5) is 12.2. The van der Waals surface area contributed by atoms with Crippen LogP contribution in [0.5, 0.6) is 5.75 Å². The molecule has 1 amide bonds. The Kier molecular flexibility index (Phi) is 4.34. The summed E-state index contributed by atoms with van der Waals surface area (Å²) in [5.74, 6) is -0.395. The Labute approximate surface area is 169 Å². The number of amides is 1. The number of primary amides is 1. The lowest BCUT2D eigenvalue weighted by Crippen LogP contribution is -2.13. The van der Waals surface area contributed by atoms with Crippen LogP contribution >= 0.6 is 22.9 Å². The highest BCUT2D eigenvalue weighted by Gasteiger charge is 2.18. The first kappa shape index (κ1) is 18.1. The minimum atomic E-state index is -0.481. The second kappa shape index (κ2) is 6.71. The molecule has 0 atom stereocenters. The van der Waals surface area contributed by atoms with E-state index in [9.17, 15) is 15.2 Å². The minimum absolute atomic E-state index is 0.0853. The second-order valence-corrected chi connectivity index (χ2v) is 7.86. The number of aryl methyl sites for hydroxylation is 1. The zero-order valence-corrected chi connectivity index (χ0v) is 16.3. The van der Waals surface area contributed by atoms with Crippen molar-refractivity contribution in [3.05, 3.63) is 69.6 Å². The first-order valence-corrected chi connectivity index (χ1v) is 9.53. The summed E-state index contributed by atoms with van der Waals surface area (Å²) in [6.45, 7) is 1.83. The predicted octanol–water partition coefficient (Wildman–Crippen LogP) is 5.00. The van der Waals surface area contributed by atoms with Gasteiger partial charge in [-0.1, -0.05) is 11.6 Å². The lowest BCUT2D eigenvalue weighted by Gasteiger charge is -2.14. The van der Waals surface area contributed by atoms with E-state index in [2.05, 4.69) is 6.07 Å². The second-order valence-electron chi connectivity index (χ2n) is 6.36. The number of carbonyl (C=O) groups excluding carboxylic acids is 1. The number of aromatic hydroxyl groups is 1. The highest BCUT2D eigenvalue weighted by Crippen LogP contribution is 2.39. The van der Waals surface area contributed by atoms with Crippen molar-refractivity contribution in [2.24, 2.45) is 5.73 Å². The maximum Gasteiger partial charge on any atom is 0.248 e. The summed E-state index contributed by atoms with van der Waals surface area (Å²) in [5, 5.41) is 19.4. The standard InChI is InChI=1S/C21H14ClN3O2S/c1-11-6-12(2-4-15(11)21(24)27)25-18(16-5-3-13(26)7-17(16)22)9-20-19(25)8-14(10-23)28-20/h2-9,26H,1H3,(H2,24,27). The SMILES string of the molecule is Cc1cc(-n2c(-c3ccc(O)cc3Cl)cc3sc(C#N)cc32)ccc1C(N)=O. The predicted molar refractivity (Wildman–Crippen MR) is 111 cm³/mol. The fourth-order valence-electron chi connectivity index (χ4n) is 3.30. The number of thiophene rings is 1. The average molecular weight is 408 g/mol. The maximum absolute atomic E-state index is 11.6. The Balaban J connectivity index is 2.02. The molecule has 138 valence electrons. The van der Waals surface area contributed by atoms with Crippen LogP contribution in [0.1, 0.15) is 20.8 Å². The number of fused-ring (bicyclic) bond motifs is 1. The van der Waals surface area contributed by atoms with E-state index in [4.69, 9.17) is 17.3 Å². The molecule has 0 radical (unpaired) electrons. The third kappa shape index (κ3) is 2.91. The van der Waals surface area contributed by atoms with E-state index in [-0.39, 0.29) is 5.75 Å². The van der Waals surface area contributed by atoms with Crippen LogP contribution in [0.2, 0.25) is 5.02 Å². The van der Waals surface area contributed by atoms with Gasteiger partial charge in [0, 0.05) is 16.8 Å².